The molecule has 0 aliphatic carbocycles. The summed E-state index contributed by atoms with van der Waals surface area (Å²) in [5.41, 5.74) is 3.14. The van der Waals surface area contributed by atoms with Gasteiger partial charge < -0.3 is 4.90 Å². The van der Waals surface area contributed by atoms with Crippen molar-refractivity contribution < 1.29 is 0 Å². The third kappa shape index (κ3) is 2.71. The number of anilines is 1. The molecule has 0 radical (unpaired) electrons. The van der Waals surface area contributed by atoms with E-state index in [0.717, 1.165) is 11.8 Å². The molecule has 1 atom stereocenters. The van der Waals surface area contributed by atoms with E-state index < -0.39 is 0 Å². The van der Waals surface area contributed by atoms with Crippen LogP contribution in [0.15, 0.2) is 24.3 Å². The van der Waals surface area contributed by atoms with Crippen LogP contribution >= 0.6 is 0 Å². The van der Waals surface area contributed by atoms with Crippen LogP contribution in [0.5, 0.6) is 0 Å². The van der Waals surface area contributed by atoms with Crippen molar-refractivity contribution in [3.63, 3.8) is 0 Å². The number of hydrogen-bond acceptors (Lipinski definition) is 1. The molecule has 1 nitrogen and oxygen atoms in total. The Balaban J connectivity index is 2.13. The normalized spacial score (nSPS) is 23.4. The molecular weight excluding hydrogens is 218 g/mol. The maximum atomic E-state index is 2.55. The fourth-order valence-electron chi connectivity index (χ4n) is 3.59. The summed E-state index contributed by atoms with van der Waals surface area (Å²) in [7, 11) is 0. The van der Waals surface area contributed by atoms with Gasteiger partial charge >= 0.3 is 0 Å². The van der Waals surface area contributed by atoms with Crippen molar-refractivity contribution in [3.05, 3.63) is 29.8 Å². The van der Waals surface area contributed by atoms with Gasteiger partial charge in [0.15, 0.2) is 0 Å². The molecule has 1 saturated heterocycles. The average molecular weight is 245 g/mol. The molecule has 1 unspecified atom stereocenters. The zero-order valence-electron chi connectivity index (χ0n) is 12.5. The lowest BCUT2D eigenvalue weighted by Crippen LogP contribution is -2.47. The molecule has 0 amide bonds. The first-order chi connectivity index (χ1) is 8.40. The van der Waals surface area contributed by atoms with Crippen molar-refractivity contribution >= 4 is 5.69 Å². The van der Waals surface area contributed by atoms with Gasteiger partial charge in [0.25, 0.3) is 0 Å². The van der Waals surface area contributed by atoms with Crippen LogP contribution in [0.2, 0.25) is 0 Å². The van der Waals surface area contributed by atoms with Crippen LogP contribution < -0.4 is 4.90 Å². The number of benzene rings is 1. The first-order valence-electron chi connectivity index (χ1n) is 7.22. The van der Waals surface area contributed by atoms with Gasteiger partial charge in [0.2, 0.25) is 0 Å². The predicted octanol–water partition coefficient (Wildman–Crippen LogP) is 4.50. The highest BCUT2D eigenvalue weighted by Gasteiger charge is 2.37. The molecule has 1 heteroatoms. The topological polar surface area (TPSA) is 3.24 Å². The summed E-state index contributed by atoms with van der Waals surface area (Å²) in [4.78, 5) is 2.55. The molecule has 0 N–H and O–H groups in total. The standard InChI is InChI=1S/C17H27N/c1-13(2)16-10-11-18(12-17(16,4)5)15-8-6-14(3)7-9-15/h6-9,13,16H,10-12H2,1-5H3. The highest BCUT2D eigenvalue weighted by atomic mass is 15.1. The fraction of sp³-hybridized carbons (Fsp3) is 0.647. The van der Waals surface area contributed by atoms with Crippen molar-refractivity contribution in [2.45, 2.75) is 41.0 Å². The molecule has 0 saturated carbocycles. The van der Waals surface area contributed by atoms with E-state index >= 15 is 0 Å². The van der Waals surface area contributed by atoms with E-state index in [9.17, 15) is 0 Å². The van der Waals surface area contributed by atoms with Crippen molar-refractivity contribution in [1.82, 2.24) is 0 Å². The van der Waals surface area contributed by atoms with Crippen molar-refractivity contribution in [2.24, 2.45) is 17.3 Å². The molecule has 100 valence electrons. The van der Waals surface area contributed by atoms with Gasteiger partial charge in [-0.15, -0.1) is 0 Å². The summed E-state index contributed by atoms with van der Waals surface area (Å²) in [6, 6.07) is 8.97. The van der Waals surface area contributed by atoms with Gasteiger partial charge in [-0.25, -0.2) is 0 Å². The van der Waals surface area contributed by atoms with E-state index in [0.29, 0.717) is 5.41 Å². The molecular formula is C17H27N. The summed E-state index contributed by atoms with van der Waals surface area (Å²) in [5.74, 6) is 1.64. The molecule has 0 bridgehead atoms. The number of nitrogens with zero attached hydrogens (tertiary/aromatic N) is 1. The molecule has 1 heterocycles. The number of aryl methyl sites for hydroxylation is 1. The van der Waals surface area contributed by atoms with Gasteiger partial charge in [-0.05, 0) is 42.7 Å². The smallest absolute Gasteiger partial charge is 0.0366 e. The van der Waals surface area contributed by atoms with Gasteiger partial charge in [0.1, 0.15) is 0 Å². The molecule has 1 aromatic rings. The van der Waals surface area contributed by atoms with Gasteiger partial charge in [-0.2, -0.15) is 0 Å². The first-order valence-corrected chi connectivity index (χ1v) is 7.22. The lowest BCUT2D eigenvalue weighted by molar-refractivity contribution is 0.127. The Morgan fingerprint density at radius 2 is 1.78 bits per heavy atom. The quantitative estimate of drug-likeness (QED) is 0.741. The van der Waals surface area contributed by atoms with E-state index in [4.69, 9.17) is 0 Å². The highest BCUT2D eigenvalue weighted by molar-refractivity contribution is 5.48. The molecule has 1 aromatic carbocycles. The van der Waals surface area contributed by atoms with Crippen LogP contribution in [0.4, 0.5) is 5.69 Å². The maximum absolute atomic E-state index is 2.55. The lowest BCUT2D eigenvalue weighted by atomic mass is 9.68. The Morgan fingerprint density at radius 1 is 1.17 bits per heavy atom. The second kappa shape index (κ2) is 4.95. The minimum absolute atomic E-state index is 0.414. The first kappa shape index (κ1) is 13.5. The van der Waals surface area contributed by atoms with Crippen LogP contribution in [0.25, 0.3) is 0 Å². The van der Waals surface area contributed by atoms with E-state index in [2.05, 4.69) is 63.8 Å². The highest BCUT2D eigenvalue weighted by Crippen LogP contribution is 2.40. The summed E-state index contributed by atoms with van der Waals surface area (Å²) in [6.07, 6.45) is 1.32. The molecule has 1 aliphatic rings. The average Bonchev–Trinajstić information content (AvgIpc) is 2.28. The third-order valence-corrected chi connectivity index (χ3v) is 4.52. The Bertz CT molecular complexity index is 389. The molecule has 2 rings (SSSR count). The van der Waals surface area contributed by atoms with Crippen LogP contribution in [-0.4, -0.2) is 13.1 Å². The van der Waals surface area contributed by atoms with Crippen LogP contribution in [0, 0.1) is 24.2 Å². The van der Waals surface area contributed by atoms with Gasteiger partial charge in [0.05, 0.1) is 0 Å². The van der Waals surface area contributed by atoms with Gasteiger partial charge in [-0.1, -0.05) is 45.4 Å². The van der Waals surface area contributed by atoms with E-state index in [1.165, 1.54) is 30.8 Å². The summed E-state index contributed by atoms with van der Waals surface area (Å²) >= 11 is 0. The Kier molecular flexibility index (Phi) is 3.70. The van der Waals surface area contributed by atoms with Gasteiger partial charge in [0, 0.05) is 18.8 Å². The lowest BCUT2D eigenvalue weighted by Gasteiger charge is -2.47. The molecule has 0 spiro atoms. The molecule has 18 heavy (non-hydrogen) atoms. The van der Waals surface area contributed by atoms with Crippen molar-refractivity contribution in [2.75, 3.05) is 18.0 Å². The van der Waals surface area contributed by atoms with Crippen LogP contribution in [0.1, 0.15) is 39.7 Å². The maximum Gasteiger partial charge on any atom is 0.0366 e. The molecule has 1 aliphatic heterocycles. The summed E-state index contributed by atoms with van der Waals surface area (Å²) in [6.45, 7) is 14.1. The number of rotatable bonds is 2. The van der Waals surface area contributed by atoms with Gasteiger partial charge in [-0.3, -0.25) is 0 Å². The zero-order valence-corrected chi connectivity index (χ0v) is 12.5. The Morgan fingerprint density at radius 3 is 2.28 bits per heavy atom. The second-order valence-corrected chi connectivity index (χ2v) is 6.88. The minimum Gasteiger partial charge on any atom is -0.371 e. The zero-order chi connectivity index (χ0) is 13.3. The van der Waals surface area contributed by atoms with Crippen molar-refractivity contribution in [3.8, 4) is 0 Å². The predicted molar refractivity (Wildman–Crippen MR) is 80.1 cm³/mol. The molecule has 1 fully saturated rings. The summed E-state index contributed by atoms with van der Waals surface area (Å²) < 4.78 is 0. The molecule has 0 aromatic heterocycles. The second-order valence-electron chi connectivity index (χ2n) is 6.88. The SMILES string of the molecule is Cc1ccc(N2CCC(C(C)C)C(C)(C)C2)cc1. The van der Waals surface area contributed by atoms with Crippen LogP contribution in [-0.2, 0) is 0 Å². The van der Waals surface area contributed by atoms with E-state index in [-0.39, 0.29) is 0 Å². The fourth-order valence-corrected chi connectivity index (χ4v) is 3.59. The largest absolute Gasteiger partial charge is 0.371 e. The van der Waals surface area contributed by atoms with Crippen LogP contribution in [0.3, 0.4) is 0 Å². The Labute approximate surface area is 112 Å². The minimum atomic E-state index is 0.414. The Hall–Kier alpha value is -0.980. The number of piperidine rings is 1. The van der Waals surface area contributed by atoms with Crippen molar-refractivity contribution in [1.29, 1.82) is 0 Å². The van der Waals surface area contributed by atoms with E-state index in [1.807, 2.05) is 0 Å². The summed E-state index contributed by atoms with van der Waals surface area (Å²) in [5, 5.41) is 0. The van der Waals surface area contributed by atoms with E-state index in [1.54, 1.807) is 0 Å². The monoisotopic (exact) mass is 245 g/mol. The number of hydrogen-bond donors (Lipinski definition) is 0. The third-order valence-electron chi connectivity index (χ3n) is 4.52.